The van der Waals surface area contributed by atoms with Gasteiger partial charge < -0.3 is 0 Å². The summed E-state index contributed by atoms with van der Waals surface area (Å²) in [5.74, 6) is -0.750. The molecule has 24 heavy (non-hydrogen) atoms. The molecule has 0 N–H and O–H groups in total. The third kappa shape index (κ3) is 3.89. The molecule has 2 heterocycles. The van der Waals surface area contributed by atoms with Crippen LogP contribution < -0.4 is 0 Å². The van der Waals surface area contributed by atoms with Gasteiger partial charge in [0.1, 0.15) is 5.54 Å². The van der Waals surface area contributed by atoms with Crippen molar-refractivity contribution in [3.05, 3.63) is 18.0 Å². The average molecular weight is 364 g/mol. The molecule has 0 amide bonds. The first-order valence-electron chi connectivity index (χ1n) is 7.46. The fourth-order valence-corrected chi connectivity index (χ4v) is 4.18. The van der Waals surface area contributed by atoms with E-state index in [1.165, 1.54) is 0 Å². The van der Waals surface area contributed by atoms with Crippen LogP contribution in [0, 0.1) is 11.3 Å². The molecule has 1 fully saturated rings. The number of aromatic nitrogens is 2. The minimum atomic E-state index is -4.52. The number of hydrogen-bond acceptors (Lipinski definition) is 4. The van der Waals surface area contributed by atoms with Gasteiger partial charge in [-0.15, -0.1) is 0 Å². The van der Waals surface area contributed by atoms with Crippen molar-refractivity contribution in [3.8, 4) is 6.07 Å². The Morgan fingerprint density at radius 3 is 2.50 bits per heavy atom. The molecular formula is C14H19F3N4O2S. The monoisotopic (exact) mass is 364 g/mol. The Kier molecular flexibility index (Phi) is 4.97. The summed E-state index contributed by atoms with van der Waals surface area (Å²) in [5, 5.41) is 13.3. The first-order chi connectivity index (χ1) is 11.0. The van der Waals surface area contributed by atoms with Crippen LogP contribution >= 0.6 is 0 Å². The highest BCUT2D eigenvalue weighted by Crippen LogP contribution is 2.35. The fourth-order valence-electron chi connectivity index (χ4n) is 2.56. The van der Waals surface area contributed by atoms with Crippen molar-refractivity contribution in [3.63, 3.8) is 0 Å². The molecule has 1 aliphatic heterocycles. The highest BCUT2D eigenvalue weighted by atomic mass is 32.2. The maximum absolute atomic E-state index is 12.2. The number of alkyl halides is 3. The van der Waals surface area contributed by atoms with E-state index >= 15 is 0 Å². The van der Waals surface area contributed by atoms with Gasteiger partial charge in [-0.2, -0.15) is 27.8 Å². The molecule has 1 aromatic heterocycles. The Hall–Kier alpha value is -1.60. The molecule has 0 atom stereocenters. The van der Waals surface area contributed by atoms with Gasteiger partial charge in [0.25, 0.3) is 0 Å². The molecule has 1 saturated heterocycles. The maximum Gasteiger partial charge on any atom is 0.390 e. The van der Waals surface area contributed by atoms with Gasteiger partial charge in [-0.3, -0.25) is 4.68 Å². The van der Waals surface area contributed by atoms with Crippen LogP contribution in [0.25, 0.3) is 0 Å². The zero-order chi connectivity index (χ0) is 18.2. The quantitative estimate of drug-likeness (QED) is 0.775. The van der Waals surface area contributed by atoms with E-state index in [1.54, 1.807) is 17.1 Å². The number of nitriles is 1. The molecule has 2 rings (SSSR count). The van der Waals surface area contributed by atoms with Crippen LogP contribution in [-0.2, 0) is 15.6 Å². The lowest BCUT2D eigenvalue weighted by Gasteiger charge is -2.48. The van der Waals surface area contributed by atoms with Crippen molar-refractivity contribution in [2.24, 2.45) is 0 Å². The van der Waals surface area contributed by atoms with Crippen molar-refractivity contribution >= 4 is 10.0 Å². The standard InChI is InChI=1S/C14H19F3N4O2S/c1-11(2)12-7-19-21(8-12)13(3-5-18)9-20(10-13)24(22,23)6-4-14(15,16)17/h7-8,11H,3-4,6,9-10H2,1-2H3. The van der Waals surface area contributed by atoms with E-state index in [4.69, 9.17) is 5.26 Å². The second-order valence-corrected chi connectivity index (χ2v) is 8.47. The molecule has 6 nitrogen and oxygen atoms in total. The largest absolute Gasteiger partial charge is 0.390 e. The highest BCUT2D eigenvalue weighted by Gasteiger charge is 2.50. The fraction of sp³-hybridized carbons (Fsp3) is 0.714. The molecule has 0 radical (unpaired) electrons. The lowest BCUT2D eigenvalue weighted by Crippen LogP contribution is -2.64. The molecule has 0 aromatic carbocycles. The summed E-state index contributed by atoms with van der Waals surface area (Å²) in [6.07, 6.45) is -2.43. The zero-order valence-corrected chi connectivity index (χ0v) is 14.2. The Morgan fingerprint density at radius 2 is 2.04 bits per heavy atom. The SMILES string of the molecule is CC(C)c1cnn(C2(CC#N)CN(S(=O)(=O)CCC(F)(F)F)C2)c1. The predicted molar refractivity (Wildman–Crippen MR) is 80.6 cm³/mol. The van der Waals surface area contributed by atoms with Crippen molar-refractivity contribution in [1.29, 1.82) is 5.26 Å². The summed E-state index contributed by atoms with van der Waals surface area (Å²) in [7, 11) is -4.00. The number of sulfonamides is 1. The Balaban J connectivity index is 2.12. The van der Waals surface area contributed by atoms with Crippen molar-refractivity contribution in [2.75, 3.05) is 18.8 Å². The second kappa shape index (κ2) is 6.37. The Bertz CT molecular complexity index is 728. The lowest BCUT2D eigenvalue weighted by atomic mass is 9.89. The number of nitrogens with zero attached hydrogens (tertiary/aromatic N) is 4. The van der Waals surface area contributed by atoms with Crippen LogP contribution in [0.15, 0.2) is 12.4 Å². The summed E-state index contributed by atoms with van der Waals surface area (Å²) < 4.78 is 63.3. The van der Waals surface area contributed by atoms with E-state index in [-0.39, 0.29) is 25.4 Å². The van der Waals surface area contributed by atoms with Crippen LogP contribution in [0.1, 0.15) is 38.2 Å². The van der Waals surface area contributed by atoms with Crippen LogP contribution in [-0.4, -0.2) is 47.5 Å². The minimum Gasteiger partial charge on any atom is -0.263 e. The number of hydrogen-bond donors (Lipinski definition) is 0. The summed E-state index contributed by atoms with van der Waals surface area (Å²) >= 11 is 0. The average Bonchev–Trinajstić information content (AvgIpc) is 2.89. The normalized spacial score (nSPS) is 18.4. The predicted octanol–water partition coefficient (Wildman–Crippen LogP) is 2.21. The summed E-state index contributed by atoms with van der Waals surface area (Å²) in [6, 6.07) is 2.01. The lowest BCUT2D eigenvalue weighted by molar-refractivity contribution is -0.130. The van der Waals surface area contributed by atoms with Gasteiger partial charge in [0.2, 0.25) is 10.0 Å². The summed E-state index contributed by atoms with van der Waals surface area (Å²) in [4.78, 5) is 0. The summed E-state index contributed by atoms with van der Waals surface area (Å²) in [5.41, 5.74) is 0.137. The zero-order valence-electron chi connectivity index (χ0n) is 13.4. The molecule has 1 aliphatic rings. The smallest absolute Gasteiger partial charge is 0.263 e. The van der Waals surface area contributed by atoms with Crippen LogP contribution in [0.2, 0.25) is 0 Å². The first kappa shape index (κ1) is 18.7. The van der Waals surface area contributed by atoms with Crippen LogP contribution in [0.5, 0.6) is 0 Å². The molecule has 1 aromatic rings. The van der Waals surface area contributed by atoms with Gasteiger partial charge >= 0.3 is 6.18 Å². The molecule has 0 bridgehead atoms. The van der Waals surface area contributed by atoms with E-state index in [0.717, 1.165) is 9.87 Å². The molecule has 0 aliphatic carbocycles. The minimum absolute atomic E-state index is 0.0392. The molecule has 134 valence electrons. The first-order valence-corrected chi connectivity index (χ1v) is 9.07. The second-order valence-electron chi connectivity index (χ2n) is 6.38. The molecule has 10 heteroatoms. The van der Waals surface area contributed by atoms with E-state index in [2.05, 4.69) is 5.10 Å². The van der Waals surface area contributed by atoms with Crippen molar-refractivity contribution in [1.82, 2.24) is 14.1 Å². The third-order valence-corrected chi connectivity index (χ3v) is 5.91. The van der Waals surface area contributed by atoms with Crippen LogP contribution in [0.4, 0.5) is 13.2 Å². The van der Waals surface area contributed by atoms with E-state index in [0.29, 0.717) is 0 Å². The highest BCUT2D eigenvalue weighted by molar-refractivity contribution is 7.89. The molecule has 0 saturated carbocycles. The third-order valence-electron chi connectivity index (χ3n) is 4.14. The van der Waals surface area contributed by atoms with Gasteiger partial charge in [-0.25, -0.2) is 8.42 Å². The summed E-state index contributed by atoms with van der Waals surface area (Å²) in [6.45, 7) is 3.87. The van der Waals surface area contributed by atoms with Gasteiger partial charge in [0.15, 0.2) is 0 Å². The van der Waals surface area contributed by atoms with Gasteiger partial charge in [0, 0.05) is 19.3 Å². The maximum atomic E-state index is 12.2. The molecule has 0 unspecified atom stereocenters. The molecular weight excluding hydrogens is 345 g/mol. The van der Waals surface area contributed by atoms with Crippen molar-refractivity contribution < 1.29 is 21.6 Å². The Morgan fingerprint density at radius 1 is 1.42 bits per heavy atom. The molecule has 0 spiro atoms. The topological polar surface area (TPSA) is 79.0 Å². The van der Waals surface area contributed by atoms with E-state index in [1.807, 2.05) is 19.9 Å². The van der Waals surface area contributed by atoms with Crippen molar-refractivity contribution in [2.45, 2.75) is 44.3 Å². The van der Waals surface area contributed by atoms with Gasteiger partial charge in [0.05, 0.1) is 30.9 Å². The Labute approximate surface area is 138 Å². The number of rotatable bonds is 6. The van der Waals surface area contributed by atoms with Crippen LogP contribution in [0.3, 0.4) is 0 Å². The van der Waals surface area contributed by atoms with Gasteiger partial charge in [-0.1, -0.05) is 13.8 Å². The van der Waals surface area contributed by atoms with Gasteiger partial charge in [-0.05, 0) is 11.5 Å². The number of halogens is 3. The van der Waals surface area contributed by atoms with E-state index < -0.39 is 33.9 Å². The van der Waals surface area contributed by atoms with E-state index in [9.17, 15) is 21.6 Å².